The van der Waals surface area contributed by atoms with Crippen LogP contribution in [0.4, 0.5) is 0 Å². The third-order valence-corrected chi connectivity index (χ3v) is 5.01. The molecule has 0 spiro atoms. The van der Waals surface area contributed by atoms with Crippen LogP contribution in [0, 0.1) is 11.8 Å². The molecule has 123 valence electrons. The van der Waals surface area contributed by atoms with Gasteiger partial charge in [0.15, 0.2) is 0 Å². The molecule has 1 aliphatic rings. The Balaban J connectivity index is 2.51. The van der Waals surface area contributed by atoms with Gasteiger partial charge in [0.1, 0.15) is 5.75 Å². The molecular weight excluding hydrogens is 268 g/mol. The molecule has 0 unspecified atom stereocenters. The molecule has 0 aliphatic heterocycles. The molecule has 1 heteroatoms. The molecule has 1 saturated carbocycles. The summed E-state index contributed by atoms with van der Waals surface area (Å²) in [4.78, 5) is 0. The van der Waals surface area contributed by atoms with Gasteiger partial charge >= 0.3 is 0 Å². The van der Waals surface area contributed by atoms with Crippen molar-refractivity contribution in [2.45, 2.75) is 85.0 Å². The first kappa shape index (κ1) is 17.4. The van der Waals surface area contributed by atoms with Crippen molar-refractivity contribution in [3.8, 4) is 5.75 Å². The summed E-state index contributed by atoms with van der Waals surface area (Å²) < 4.78 is 0. The van der Waals surface area contributed by atoms with Gasteiger partial charge in [0.25, 0.3) is 0 Å². The van der Waals surface area contributed by atoms with Gasteiger partial charge in [-0.1, -0.05) is 60.6 Å². The van der Waals surface area contributed by atoms with E-state index in [0.717, 1.165) is 17.0 Å². The first-order valence-corrected chi connectivity index (χ1v) is 8.73. The zero-order chi connectivity index (χ0) is 16.7. The van der Waals surface area contributed by atoms with Crippen LogP contribution in [0.1, 0.15) is 90.8 Å². The van der Waals surface area contributed by atoms with Crippen LogP contribution in [0.3, 0.4) is 0 Å². The monoisotopic (exact) mass is 301 g/mol. The molecule has 1 aromatic carbocycles. The Morgan fingerprint density at radius 1 is 0.864 bits per heavy atom. The lowest BCUT2D eigenvalue weighted by molar-refractivity contribution is 0.411. The summed E-state index contributed by atoms with van der Waals surface area (Å²) in [6, 6.07) is 4.49. The zero-order valence-electron chi connectivity index (χ0n) is 15.5. The van der Waals surface area contributed by atoms with Crippen molar-refractivity contribution < 1.29 is 5.11 Å². The molecule has 1 aliphatic carbocycles. The van der Waals surface area contributed by atoms with E-state index in [1.165, 1.54) is 31.2 Å². The molecule has 1 aromatic rings. The first-order chi connectivity index (χ1) is 10.00. The molecule has 1 fully saturated rings. The highest BCUT2D eigenvalue weighted by molar-refractivity contribution is 5.52. The largest absolute Gasteiger partial charge is 0.507 e. The van der Waals surface area contributed by atoms with E-state index in [2.05, 4.69) is 60.6 Å². The quantitative estimate of drug-likeness (QED) is 0.662. The van der Waals surface area contributed by atoms with Gasteiger partial charge in [0, 0.05) is 5.92 Å². The van der Waals surface area contributed by atoms with Gasteiger partial charge in [0.05, 0.1) is 0 Å². The summed E-state index contributed by atoms with van der Waals surface area (Å²) in [6.07, 6.45) is 5.01. The van der Waals surface area contributed by atoms with Crippen LogP contribution in [0.25, 0.3) is 0 Å². The Labute approximate surface area is 137 Å². The van der Waals surface area contributed by atoms with Gasteiger partial charge in [0.2, 0.25) is 0 Å². The maximum absolute atomic E-state index is 10.8. The van der Waals surface area contributed by atoms with Gasteiger partial charge in [-0.05, 0) is 59.1 Å². The van der Waals surface area contributed by atoms with E-state index in [9.17, 15) is 5.11 Å². The summed E-state index contributed by atoms with van der Waals surface area (Å²) in [6.45, 7) is 15.5. The second-order valence-electron chi connectivity index (χ2n) is 9.21. The maximum Gasteiger partial charge on any atom is 0.123 e. The topological polar surface area (TPSA) is 20.2 Å². The van der Waals surface area contributed by atoms with Crippen molar-refractivity contribution in [2.75, 3.05) is 0 Å². The molecule has 0 atom stereocenters. The number of benzene rings is 1. The molecule has 0 saturated heterocycles. The number of phenols is 1. The Bertz CT molecular complexity index is 485. The van der Waals surface area contributed by atoms with Gasteiger partial charge in [-0.25, -0.2) is 0 Å². The fourth-order valence-electron chi connectivity index (χ4n) is 3.38. The normalized spacial score (nSPS) is 18.7. The lowest BCUT2D eigenvalue weighted by Crippen LogP contribution is -2.19. The predicted molar refractivity (Wildman–Crippen MR) is 95.5 cm³/mol. The van der Waals surface area contributed by atoms with Crippen molar-refractivity contribution in [3.63, 3.8) is 0 Å². The molecule has 0 amide bonds. The third kappa shape index (κ3) is 3.67. The number of hydrogen-bond acceptors (Lipinski definition) is 1. The van der Waals surface area contributed by atoms with Gasteiger partial charge < -0.3 is 5.11 Å². The van der Waals surface area contributed by atoms with Crippen molar-refractivity contribution in [3.05, 3.63) is 34.7 Å². The molecule has 2 rings (SSSR count). The zero-order valence-corrected chi connectivity index (χ0v) is 15.5. The van der Waals surface area contributed by atoms with E-state index >= 15 is 0 Å². The molecule has 0 heterocycles. The first-order valence-electron chi connectivity index (χ1n) is 8.73. The molecular formula is C21H33O. The molecule has 22 heavy (non-hydrogen) atoms. The van der Waals surface area contributed by atoms with Crippen molar-refractivity contribution in [1.29, 1.82) is 0 Å². The van der Waals surface area contributed by atoms with Crippen LogP contribution in [0.5, 0.6) is 5.75 Å². The number of hydrogen-bond donors (Lipinski definition) is 1. The molecule has 1 radical (unpaired) electrons. The van der Waals surface area contributed by atoms with Crippen molar-refractivity contribution in [1.82, 2.24) is 0 Å². The Kier molecular flexibility index (Phi) is 4.66. The molecule has 0 aromatic heterocycles. The fourth-order valence-corrected chi connectivity index (χ4v) is 3.38. The van der Waals surface area contributed by atoms with Crippen LogP contribution >= 0.6 is 0 Å². The minimum Gasteiger partial charge on any atom is -0.507 e. The van der Waals surface area contributed by atoms with Crippen molar-refractivity contribution in [2.24, 2.45) is 5.92 Å². The Hall–Kier alpha value is -0.980. The van der Waals surface area contributed by atoms with Crippen LogP contribution in [-0.2, 0) is 10.8 Å². The van der Waals surface area contributed by atoms with E-state index in [0.29, 0.717) is 5.75 Å². The SMILES string of the molecule is CC1CC[C](c2cc(C(C)(C)C)c(O)c(C(C)(C)C)c2)CC1. The highest BCUT2D eigenvalue weighted by Crippen LogP contribution is 2.43. The average molecular weight is 301 g/mol. The Morgan fingerprint density at radius 3 is 1.64 bits per heavy atom. The third-order valence-electron chi connectivity index (χ3n) is 5.01. The summed E-state index contributed by atoms with van der Waals surface area (Å²) in [7, 11) is 0. The van der Waals surface area contributed by atoms with E-state index < -0.39 is 0 Å². The lowest BCUT2D eigenvalue weighted by atomic mass is 9.74. The fraction of sp³-hybridized carbons (Fsp3) is 0.667. The smallest absolute Gasteiger partial charge is 0.123 e. The minimum absolute atomic E-state index is 0.0391. The van der Waals surface area contributed by atoms with E-state index in [1.54, 1.807) is 5.92 Å². The van der Waals surface area contributed by atoms with E-state index in [4.69, 9.17) is 0 Å². The van der Waals surface area contributed by atoms with E-state index in [1.807, 2.05) is 0 Å². The molecule has 1 N–H and O–H groups in total. The van der Waals surface area contributed by atoms with Gasteiger partial charge in [-0.2, -0.15) is 0 Å². The standard InChI is InChI=1S/C21H33O/c1-14-8-10-15(11-9-14)16-12-17(20(2,3)4)19(22)18(13-16)21(5,6)7/h12-14,22H,8-11H2,1-7H3. The van der Waals surface area contributed by atoms with Crippen LogP contribution in [0.2, 0.25) is 0 Å². The highest BCUT2D eigenvalue weighted by atomic mass is 16.3. The van der Waals surface area contributed by atoms with Crippen LogP contribution in [-0.4, -0.2) is 5.11 Å². The van der Waals surface area contributed by atoms with Gasteiger partial charge in [-0.3, -0.25) is 0 Å². The molecule has 1 nitrogen and oxygen atoms in total. The predicted octanol–water partition coefficient (Wildman–Crippen LogP) is 6.12. The second kappa shape index (κ2) is 5.91. The number of aromatic hydroxyl groups is 1. The summed E-state index contributed by atoms with van der Waals surface area (Å²) in [5.41, 5.74) is 3.45. The lowest BCUT2D eigenvalue weighted by Gasteiger charge is -2.31. The number of rotatable bonds is 1. The average Bonchev–Trinajstić information content (AvgIpc) is 2.37. The Morgan fingerprint density at radius 2 is 1.27 bits per heavy atom. The summed E-state index contributed by atoms with van der Waals surface area (Å²) in [5, 5.41) is 10.8. The van der Waals surface area contributed by atoms with Crippen LogP contribution in [0.15, 0.2) is 12.1 Å². The second-order valence-corrected chi connectivity index (χ2v) is 9.21. The molecule has 0 bridgehead atoms. The highest BCUT2D eigenvalue weighted by Gasteiger charge is 2.29. The van der Waals surface area contributed by atoms with Gasteiger partial charge in [-0.15, -0.1) is 0 Å². The van der Waals surface area contributed by atoms with Crippen LogP contribution < -0.4 is 0 Å². The van der Waals surface area contributed by atoms with Crippen molar-refractivity contribution >= 4 is 0 Å². The number of phenolic OH excluding ortho intramolecular Hbond substituents is 1. The summed E-state index contributed by atoms with van der Waals surface area (Å²) >= 11 is 0. The minimum atomic E-state index is -0.0391. The summed E-state index contributed by atoms with van der Waals surface area (Å²) in [5.74, 6) is 2.92. The maximum atomic E-state index is 10.8. The van der Waals surface area contributed by atoms with E-state index in [-0.39, 0.29) is 10.8 Å².